The van der Waals surface area contributed by atoms with Gasteiger partial charge in [-0.3, -0.25) is 9.67 Å². The molecule has 0 aliphatic heterocycles. The van der Waals surface area contributed by atoms with Crippen molar-refractivity contribution in [2.24, 2.45) is 0 Å². The fourth-order valence-corrected chi connectivity index (χ4v) is 2.26. The molecule has 108 valence electrons. The van der Waals surface area contributed by atoms with Gasteiger partial charge in [-0.2, -0.15) is 5.10 Å². The van der Waals surface area contributed by atoms with Crippen molar-refractivity contribution in [2.75, 3.05) is 0 Å². The summed E-state index contributed by atoms with van der Waals surface area (Å²) in [6.07, 6.45) is 9.77. The fraction of sp³-hybridized carbons (Fsp3) is 0.312. The number of carboxylic acids is 1. The lowest BCUT2D eigenvalue weighted by molar-refractivity contribution is 0.0696. The summed E-state index contributed by atoms with van der Waals surface area (Å²) in [6.45, 7) is 2.91. The smallest absolute Gasteiger partial charge is 0.335 e. The number of rotatable bonds is 5. The lowest BCUT2D eigenvalue weighted by atomic mass is 10.1. The van der Waals surface area contributed by atoms with Gasteiger partial charge in [0.2, 0.25) is 0 Å². The number of pyridine rings is 1. The van der Waals surface area contributed by atoms with Gasteiger partial charge in [-0.1, -0.05) is 0 Å². The molecule has 0 atom stereocenters. The fourth-order valence-electron chi connectivity index (χ4n) is 2.26. The first-order chi connectivity index (χ1) is 10.2. The number of aromatic nitrogens is 3. The van der Waals surface area contributed by atoms with Gasteiger partial charge < -0.3 is 5.11 Å². The first kappa shape index (κ1) is 13.5. The molecule has 0 radical (unpaired) electrons. The molecule has 1 aliphatic carbocycles. The van der Waals surface area contributed by atoms with Gasteiger partial charge in [0, 0.05) is 30.4 Å². The molecule has 21 heavy (non-hydrogen) atoms. The molecule has 2 heterocycles. The summed E-state index contributed by atoms with van der Waals surface area (Å²) >= 11 is 0. The Bertz CT molecular complexity index is 699. The standard InChI is InChI=1S/C16H17N3O2/c1-2-19-10-13(15(18-19)11-3-4-11)5-6-14-9-12(16(20)21)7-8-17-14/h5-11H,2-4H2,1H3,(H,20,21)/b6-5+. The highest BCUT2D eigenvalue weighted by Gasteiger charge is 2.28. The van der Waals surface area contributed by atoms with Crippen LogP contribution in [-0.4, -0.2) is 25.8 Å². The predicted molar refractivity (Wildman–Crippen MR) is 80.0 cm³/mol. The second kappa shape index (κ2) is 5.52. The van der Waals surface area contributed by atoms with Gasteiger partial charge in [0.25, 0.3) is 0 Å². The molecular weight excluding hydrogens is 266 g/mol. The molecule has 1 fully saturated rings. The minimum atomic E-state index is -0.940. The molecule has 0 saturated heterocycles. The van der Waals surface area contributed by atoms with Crippen molar-refractivity contribution < 1.29 is 9.90 Å². The van der Waals surface area contributed by atoms with Crippen molar-refractivity contribution in [3.63, 3.8) is 0 Å². The zero-order valence-electron chi connectivity index (χ0n) is 11.9. The topological polar surface area (TPSA) is 68.0 Å². The third-order valence-electron chi connectivity index (χ3n) is 3.57. The second-order valence-corrected chi connectivity index (χ2v) is 5.21. The van der Waals surface area contributed by atoms with E-state index in [-0.39, 0.29) is 5.56 Å². The van der Waals surface area contributed by atoms with Crippen molar-refractivity contribution in [1.82, 2.24) is 14.8 Å². The molecule has 0 amide bonds. The molecule has 0 aromatic carbocycles. The van der Waals surface area contributed by atoms with Crippen LogP contribution in [0, 0.1) is 0 Å². The van der Waals surface area contributed by atoms with E-state index in [1.807, 2.05) is 23.0 Å². The van der Waals surface area contributed by atoms with Crippen molar-refractivity contribution in [3.8, 4) is 0 Å². The maximum atomic E-state index is 11.0. The molecule has 2 aromatic heterocycles. The van der Waals surface area contributed by atoms with Gasteiger partial charge in [-0.05, 0) is 44.1 Å². The van der Waals surface area contributed by atoms with Crippen molar-refractivity contribution >= 4 is 18.1 Å². The third kappa shape index (κ3) is 3.02. The Morgan fingerprint density at radius 1 is 1.48 bits per heavy atom. The quantitative estimate of drug-likeness (QED) is 0.915. The molecule has 0 bridgehead atoms. The normalized spacial score (nSPS) is 14.7. The van der Waals surface area contributed by atoms with E-state index < -0.39 is 5.97 Å². The van der Waals surface area contributed by atoms with E-state index in [0.717, 1.165) is 17.8 Å². The van der Waals surface area contributed by atoms with E-state index in [1.165, 1.54) is 25.1 Å². The number of hydrogen-bond acceptors (Lipinski definition) is 3. The van der Waals surface area contributed by atoms with Crippen LogP contribution in [0.3, 0.4) is 0 Å². The van der Waals surface area contributed by atoms with Crippen LogP contribution >= 0.6 is 0 Å². The van der Waals surface area contributed by atoms with Gasteiger partial charge >= 0.3 is 5.97 Å². The van der Waals surface area contributed by atoms with E-state index in [4.69, 9.17) is 5.11 Å². The summed E-state index contributed by atoms with van der Waals surface area (Å²) in [5, 5.41) is 13.6. The van der Waals surface area contributed by atoms with E-state index in [0.29, 0.717) is 11.6 Å². The molecule has 1 saturated carbocycles. The summed E-state index contributed by atoms with van der Waals surface area (Å²) in [6, 6.07) is 3.06. The van der Waals surface area contributed by atoms with E-state index in [1.54, 1.807) is 6.07 Å². The average molecular weight is 283 g/mol. The summed E-state index contributed by atoms with van der Waals surface area (Å²) in [4.78, 5) is 15.1. The van der Waals surface area contributed by atoms with Gasteiger partial charge in [-0.15, -0.1) is 0 Å². The predicted octanol–water partition coefficient (Wildman–Crippen LogP) is 3.04. The summed E-state index contributed by atoms with van der Waals surface area (Å²) < 4.78 is 1.94. The number of aryl methyl sites for hydroxylation is 1. The Kier molecular flexibility index (Phi) is 3.56. The lowest BCUT2D eigenvalue weighted by Crippen LogP contribution is -1.96. The van der Waals surface area contributed by atoms with Crippen LogP contribution in [-0.2, 0) is 6.54 Å². The first-order valence-corrected chi connectivity index (χ1v) is 7.12. The van der Waals surface area contributed by atoms with Crippen LogP contribution in [0.5, 0.6) is 0 Å². The minimum Gasteiger partial charge on any atom is -0.478 e. The summed E-state index contributed by atoms with van der Waals surface area (Å²) in [7, 11) is 0. The zero-order chi connectivity index (χ0) is 14.8. The molecule has 1 aliphatic rings. The van der Waals surface area contributed by atoms with Crippen LogP contribution in [0.25, 0.3) is 12.2 Å². The Balaban J connectivity index is 1.87. The highest BCUT2D eigenvalue weighted by atomic mass is 16.4. The van der Waals surface area contributed by atoms with Crippen LogP contribution in [0.2, 0.25) is 0 Å². The molecule has 0 unspecified atom stereocenters. The van der Waals surface area contributed by atoms with Gasteiger partial charge in [0.1, 0.15) is 0 Å². The second-order valence-electron chi connectivity index (χ2n) is 5.21. The summed E-state index contributed by atoms with van der Waals surface area (Å²) in [5.74, 6) is -0.361. The molecule has 1 N–H and O–H groups in total. The SMILES string of the molecule is CCn1cc(/C=C/c2cc(C(=O)O)ccn2)c(C2CC2)n1. The van der Waals surface area contributed by atoms with Gasteiger partial charge in [-0.25, -0.2) is 4.79 Å². The number of hydrogen-bond donors (Lipinski definition) is 1. The van der Waals surface area contributed by atoms with Crippen LogP contribution in [0.15, 0.2) is 24.5 Å². The van der Waals surface area contributed by atoms with Crippen molar-refractivity contribution in [2.45, 2.75) is 32.2 Å². The van der Waals surface area contributed by atoms with E-state index in [9.17, 15) is 4.79 Å². The molecule has 2 aromatic rings. The number of aromatic carboxylic acids is 1. The third-order valence-corrected chi connectivity index (χ3v) is 3.57. The molecule has 5 heteroatoms. The number of nitrogens with zero attached hydrogens (tertiary/aromatic N) is 3. The largest absolute Gasteiger partial charge is 0.478 e. The van der Waals surface area contributed by atoms with Crippen LogP contribution in [0.4, 0.5) is 0 Å². The maximum Gasteiger partial charge on any atom is 0.335 e. The van der Waals surface area contributed by atoms with Crippen molar-refractivity contribution in [1.29, 1.82) is 0 Å². The lowest BCUT2D eigenvalue weighted by Gasteiger charge is -1.96. The zero-order valence-corrected chi connectivity index (χ0v) is 11.9. The first-order valence-electron chi connectivity index (χ1n) is 7.12. The van der Waals surface area contributed by atoms with Crippen molar-refractivity contribution in [3.05, 3.63) is 47.0 Å². The molecule has 0 spiro atoms. The Morgan fingerprint density at radius 3 is 2.95 bits per heavy atom. The maximum absolute atomic E-state index is 11.0. The summed E-state index contributed by atoms with van der Waals surface area (Å²) in [5.41, 5.74) is 3.13. The highest BCUT2D eigenvalue weighted by Crippen LogP contribution is 2.41. The molecule has 3 rings (SSSR count). The minimum absolute atomic E-state index is 0.247. The number of carbonyl (C=O) groups is 1. The Hall–Kier alpha value is -2.43. The molecular formula is C16H17N3O2. The Labute approximate surface area is 122 Å². The van der Waals surface area contributed by atoms with Crippen LogP contribution < -0.4 is 0 Å². The Morgan fingerprint density at radius 2 is 2.29 bits per heavy atom. The van der Waals surface area contributed by atoms with E-state index in [2.05, 4.69) is 17.0 Å². The van der Waals surface area contributed by atoms with E-state index >= 15 is 0 Å². The van der Waals surface area contributed by atoms with Gasteiger partial charge in [0.15, 0.2) is 0 Å². The molecule has 5 nitrogen and oxygen atoms in total. The number of carboxylic acid groups (broad SMARTS) is 1. The monoisotopic (exact) mass is 283 g/mol. The van der Waals surface area contributed by atoms with Crippen LogP contribution in [0.1, 0.15) is 53.0 Å². The van der Waals surface area contributed by atoms with Gasteiger partial charge in [0.05, 0.1) is 17.0 Å². The average Bonchev–Trinajstić information content (AvgIpc) is 3.25. The highest BCUT2D eigenvalue weighted by molar-refractivity contribution is 5.88.